The van der Waals surface area contributed by atoms with Crippen molar-refractivity contribution >= 4 is 15.9 Å². The number of hydrogen-bond acceptors (Lipinski definition) is 4. The summed E-state index contributed by atoms with van der Waals surface area (Å²) in [5.41, 5.74) is 3.81. The van der Waals surface area contributed by atoms with Gasteiger partial charge in [-0.25, -0.2) is 0 Å². The lowest BCUT2D eigenvalue weighted by atomic mass is 10.0. The van der Waals surface area contributed by atoms with Crippen LogP contribution >= 0.6 is 15.9 Å². The SMILES string of the molecule is NNC(CCC1CCCO1)c1ccc(Br)cn1. The van der Waals surface area contributed by atoms with E-state index in [1.807, 2.05) is 12.1 Å². The monoisotopic (exact) mass is 299 g/mol. The molecule has 5 heteroatoms. The third kappa shape index (κ3) is 3.74. The first-order valence-electron chi connectivity index (χ1n) is 5.99. The molecule has 1 aromatic heterocycles. The molecular weight excluding hydrogens is 282 g/mol. The normalized spacial score (nSPS) is 21.6. The number of nitrogens with two attached hydrogens (primary N) is 1. The van der Waals surface area contributed by atoms with Gasteiger partial charge in [0.1, 0.15) is 0 Å². The molecule has 2 rings (SSSR count). The van der Waals surface area contributed by atoms with Crippen molar-refractivity contribution in [1.29, 1.82) is 0 Å². The summed E-state index contributed by atoms with van der Waals surface area (Å²) in [5, 5.41) is 0. The van der Waals surface area contributed by atoms with Gasteiger partial charge in [-0.1, -0.05) is 0 Å². The summed E-state index contributed by atoms with van der Waals surface area (Å²) in [4.78, 5) is 4.36. The third-order valence-corrected chi connectivity index (χ3v) is 3.58. The lowest BCUT2D eigenvalue weighted by Gasteiger charge is -2.17. The Morgan fingerprint density at radius 2 is 2.47 bits per heavy atom. The first kappa shape index (κ1) is 13.0. The summed E-state index contributed by atoms with van der Waals surface area (Å²) in [7, 11) is 0. The molecule has 0 bridgehead atoms. The minimum atomic E-state index is 0.104. The average Bonchev–Trinajstić information content (AvgIpc) is 2.85. The van der Waals surface area contributed by atoms with Crippen LogP contribution in [0.15, 0.2) is 22.8 Å². The molecule has 2 heterocycles. The Balaban J connectivity index is 1.89. The molecule has 0 aromatic carbocycles. The Hall–Kier alpha value is -0.490. The van der Waals surface area contributed by atoms with Gasteiger partial charge in [-0.15, -0.1) is 0 Å². The number of halogens is 1. The lowest BCUT2D eigenvalue weighted by Crippen LogP contribution is -2.29. The van der Waals surface area contributed by atoms with Crippen LogP contribution in [0.25, 0.3) is 0 Å². The molecule has 2 atom stereocenters. The minimum Gasteiger partial charge on any atom is -0.378 e. The highest BCUT2D eigenvalue weighted by molar-refractivity contribution is 9.10. The number of aromatic nitrogens is 1. The van der Waals surface area contributed by atoms with Gasteiger partial charge < -0.3 is 4.74 Å². The van der Waals surface area contributed by atoms with Gasteiger partial charge in [0, 0.05) is 17.3 Å². The van der Waals surface area contributed by atoms with Gasteiger partial charge in [0.25, 0.3) is 0 Å². The minimum absolute atomic E-state index is 0.104. The van der Waals surface area contributed by atoms with Gasteiger partial charge >= 0.3 is 0 Å². The zero-order valence-corrected chi connectivity index (χ0v) is 11.3. The molecule has 1 aliphatic heterocycles. The topological polar surface area (TPSA) is 60.2 Å². The Labute approximate surface area is 110 Å². The smallest absolute Gasteiger partial charge is 0.0633 e. The van der Waals surface area contributed by atoms with Gasteiger partial charge in [-0.3, -0.25) is 16.3 Å². The van der Waals surface area contributed by atoms with Crippen molar-refractivity contribution in [1.82, 2.24) is 10.4 Å². The van der Waals surface area contributed by atoms with E-state index in [0.717, 1.165) is 29.6 Å². The Bertz CT molecular complexity index is 338. The molecule has 3 N–H and O–H groups in total. The summed E-state index contributed by atoms with van der Waals surface area (Å²) < 4.78 is 6.59. The van der Waals surface area contributed by atoms with Crippen LogP contribution < -0.4 is 11.3 Å². The van der Waals surface area contributed by atoms with Gasteiger partial charge in [-0.05, 0) is 53.7 Å². The molecule has 1 aliphatic rings. The van der Waals surface area contributed by atoms with Crippen LogP contribution in [-0.2, 0) is 4.74 Å². The number of hydrazine groups is 1. The fourth-order valence-electron chi connectivity index (χ4n) is 2.13. The molecule has 1 aromatic rings. The third-order valence-electron chi connectivity index (χ3n) is 3.11. The molecule has 1 fully saturated rings. The molecule has 17 heavy (non-hydrogen) atoms. The first-order valence-corrected chi connectivity index (χ1v) is 6.78. The lowest BCUT2D eigenvalue weighted by molar-refractivity contribution is 0.0995. The maximum absolute atomic E-state index is 5.61. The Morgan fingerprint density at radius 1 is 1.59 bits per heavy atom. The summed E-state index contributed by atoms with van der Waals surface area (Å²) in [6.07, 6.45) is 6.54. The van der Waals surface area contributed by atoms with E-state index >= 15 is 0 Å². The van der Waals surface area contributed by atoms with E-state index < -0.39 is 0 Å². The number of pyridine rings is 1. The molecule has 0 spiro atoms. The van der Waals surface area contributed by atoms with Gasteiger partial charge in [0.2, 0.25) is 0 Å². The standard InChI is InChI=1S/C12H18BrN3O/c13-9-3-5-11(15-8-9)12(16-14)6-4-10-2-1-7-17-10/h3,5,8,10,12,16H,1-2,4,6-7,14H2. The highest BCUT2D eigenvalue weighted by Gasteiger charge is 2.18. The van der Waals surface area contributed by atoms with Crippen molar-refractivity contribution in [3.63, 3.8) is 0 Å². The van der Waals surface area contributed by atoms with E-state index in [9.17, 15) is 0 Å². The maximum Gasteiger partial charge on any atom is 0.0633 e. The van der Waals surface area contributed by atoms with E-state index in [4.69, 9.17) is 10.6 Å². The van der Waals surface area contributed by atoms with Crippen LogP contribution in [-0.4, -0.2) is 17.7 Å². The van der Waals surface area contributed by atoms with Gasteiger partial charge in [-0.2, -0.15) is 0 Å². The van der Waals surface area contributed by atoms with E-state index in [1.165, 1.54) is 12.8 Å². The molecule has 0 saturated carbocycles. The number of rotatable bonds is 5. The highest BCUT2D eigenvalue weighted by Crippen LogP contribution is 2.23. The summed E-state index contributed by atoms with van der Waals surface area (Å²) in [5.74, 6) is 5.59. The molecule has 0 aliphatic carbocycles. The molecule has 1 saturated heterocycles. The van der Waals surface area contributed by atoms with Crippen molar-refractivity contribution in [2.45, 2.75) is 37.8 Å². The van der Waals surface area contributed by atoms with Crippen LogP contribution in [0.4, 0.5) is 0 Å². The number of nitrogens with one attached hydrogen (secondary N) is 1. The highest BCUT2D eigenvalue weighted by atomic mass is 79.9. The van der Waals surface area contributed by atoms with Crippen molar-refractivity contribution < 1.29 is 4.74 Å². The first-order chi connectivity index (χ1) is 8.29. The van der Waals surface area contributed by atoms with Crippen LogP contribution in [0.3, 0.4) is 0 Å². The van der Waals surface area contributed by atoms with E-state index in [0.29, 0.717) is 6.10 Å². The second-order valence-electron chi connectivity index (χ2n) is 4.33. The summed E-state index contributed by atoms with van der Waals surface area (Å²) in [6.45, 7) is 0.905. The van der Waals surface area contributed by atoms with Crippen molar-refractivity contribution in [3.05, 3.63) is 28.5 Å². The molecule has 4 nitrogen and oxygen atoms in total. The number of nitrogens with zero attached hydrogens (tertiary/aromatic N) is 1. The largest absolute Gasteiger partial charge is 0.378 e. The molecule has 0 amide bonds. The van der Waals surface area contributed by atoms with Crippen LogP contribution in [0.2, 0.25) is 0 Å². The second kappa shape index (κ2) is 6.44. The van der Waals surface area contributed by atoms with Crippen LogP contribution in [0, 0.1) is 0 Å². The zero-order valence-electron chi connectivity index (χ0n) is 9.73. The fraction of sp³-hybridized carbons (Fsp3) is 0.583. The van der Waals surface area contributed by atoms with Gasteiger partial charge in [0.05, 0.1) is 17.8 Å². The molecule has 94 valence electrons. The van der Waals surface area contributed by atoms with E-state index in [1.54, 1.807) is 6.20 Å². The molecular formula is C12H18BrN3O. The molecule has 2 unspecified atom stereocenters. The summed E-state index contributed by atoms with van der Waals surface area (Å²) >= 11 is 3.38. The van der Waals surface area contributed by atoms with E-state index in [-0.39, 0.29) is 6.04 Å². The molecule has 0 radical (unpaired) electrons. The summed E-state index contributed by atoms with van der Waals surface area (Å²) in [6, 6.07) is 4.08. The van der Waals surface area contributed by atoms with Crippen molar-refractivity contribution in [2.75, 3.05) is 6.61 Å². The van der Waals surface area contributed by atoms with Crippen LogP contribution in [0.5, 0.6) is 0 Å². The van der Waals surface area contributed by atoms with Gasteiger partial charge in [0.15, 0.2) is 0 Å². The Morgan fingerprint density at radius 3 is 3.06 bits per heavy atom. The van der Waals surface area contributed by atoms with Crippen molar-refractivity contribution in [2.24, 2.45) is 5.84 Å². The second-order valence-corrected chi connectivity index (χ2v) is 5.25. The van der Waals surface area contributed by atoms with Crippen molar-refractivity contribution in [3.8, 4) is 0 Å². The predicted octanol–water partition coefficient (Wildman–Crippen LogP) is 2.31. The quantitative estimate of drug-likeness (QED) is 0.647. The van der Waals surface area contributed by atoms with Crippen LogP contribution in [0.1, 0.15) is 37.4 Å². The Kier molecular flexibility index (Phi) is 4.91. The fourth-order valence-corrected chi connectivity index (χ4v) is 2.37. The maximum atomic E-state index is 5.61. The number of hydrogen-bond donors (Lipinski definition) is 2. The zero-order chi connectivity index (χ0) is 12.1. The number of ether oxygens (including phenoxy) is 1. The average molecular weight is 300 g/mol. The predicted molar refractivity (Wildman–Crippen MR) is 70.2 cm³/mol. The van der Waals surface area contributed by atoms with E-state index in [2.05, 4.69) is 26.3 Å².